The van der Waals surface area contributed by atoms with Crippen molar-refractivity contribution >= 4 is 31.9 Å². The van der Waals surface area contributed by atoms with Crippen LogP contribution in [0.15, 0.2) is 15.0 Å². The molecule has 1 aromatic carbocycles. The molecule has 0 heterocycles. The highest BCUT2D eigenvalue weighted by Gasteiger charge is 2.14. The molecule has 0 aromatic heterocycles. The van der Waals surface area contributed by atoms with Crippen LogP contribution in [0.3, 0.4) is 0 Å². The first kappa shape index (κ1) is 10.6. The third kappa shape index (κ3) is 2.06. The highest BCUT2D eigenvalue weighted by molar-refractivity contribution is 9.11. The van der Waals surface area contributed by atoms with E-state index in [9.17, 15) is 8.78 Å². The minimum atomic E-state index is -0.720. The first-order valence-electron chi connectivity index (χ1n) is 3.26. The third-order valence-corrected chi connectivity index (χ3v) is 2.72. The molecule has 1 aromatic rings. The van der Waals surface area contributed by atoms with Crippen LogP contribution in [0, 0.1) is 23.0 Å². The number of benzene rings is 1. The summed E-state index contributed by atoms with van der Waals surface area (Å²) in [5.41, 5.74) is 0.169. The Hall–Kier alpha value is -0.470. The van der Waals surface area contributed by atoms with E-state index >= 15 is 0 Å². The molecule has 0 spiro atoms. The van der Waals surface area contributed by atoms with Crippen molar-refractivity contribution < 1.29 is 8.78 Å². The average Bonchev–Trinajstić information content (AvgIpc) is 2.11. The highest BCUT2D eigenvalue weighted by atomic mass is 79.9. The van der Waals surface area contributed by atoms with Gasteiger partial charge in [0.1, 0.15) is 5.82 Å². The van der Waals surface area contributed by atoms with Gasteiger partial charge in [-0.3, -0.25) is 0 Å². The van der Waals surface area contributed by atoms with Crippen molar-refractivity contribution in [2.24, 2.45) is 0 Å². The van der Waals surface area contributed by atoms with Crippen molar-refractivity contribution in [3.8, 4) is 6.07 Å². The van der Waals surface area contributed by atoms with Gasteiger partial charge >= 0.3 is 0 Å². The van der Waals surface area contributed by atoms with E-state index in [2.05, 4.69) is 31.9 Å². The summed E-state index contributed by atoms with van der Waals surface area (Å²) in [5.74, 6) is -1.42. The lowest BCUT2D eigenvalue weighted by molar-refractivity contribution is 0.560. The molecule has 0 unspecified atom stereocenters. The Morgan fingerprint density at radius 1 is 1.31 bits per heavy atom. The molecule has 0 saturated heterocycles. The minimum absolute atomic E-state index is 0.0800. The van der Waals surface area contributed by atoms with Crippen molar-refractivity contribution in [1.82, 2.24) is 0 Å². The normalized spacial score (nSPS) is 9.77. The minimum Gasteiger partial charge on any atom is -0.205 e. The molecule has 5 heteroatoms. The first-order chi connectivity index (χ1) is 6.07. The molecule has 0 N–H and O–H groups in total. The summed E-state index contributed by atoms with van der Waals surface area (Å²) in [6.45, 7) is 0. The Morgan fingerprint density at radius 2 is 1.92 bits per heavy atom. The van der Waals surface area contributed by atoms with Crippen LogP contribution >= 0.6 is 31.9 Å². The number of halogens is 4. The molecule has 0 fully saturated rings. The van der Waals surface area contributed by atoms with Gasteiger partial charge in [0.25, 0.3) is 0 Å². The van der Waals surface area contributed by atoms with E-state index in [4.69, 9.17) is 5.26 Å². The molecule has 13 heavy (non-hydrogen) atoms. The number of nitrogens with zero attached hydrogens (tertiary/aromatic N) is 1. The number of rotatable bonds is 1. The lowest BCUT2D eigenvalue weighted by Gasteiger charge is -2.03. The van der Waals surface area contributed by atoms with Crippen LogP contribution in [0.2, 0.25) is 0 Å². The molecule has 0 saturated carbocycles. The van der Waals surface area contributed by atoms with Crippen LogP contribution in [0.25, 0.3) is 0 Å². The van der Waals surface area contributed by atoms with Gasteiger partial charge in [0.15, 0.2) is 5.82 Å². The van der Waals surface area contributed by atoms with E-state index in [1.165, 1.54) is 6.07 Å². The van der Waals surface area contributed by atoms with Crippen molar-refractivity contribution in [3.63, 3.8) is 0 Å². The first-order valence-corrected chi connectivity index (χ1v) is 4.85. The van der Waals surface area contributed by atoms with Gasteiger partial charge in [0.2, 0.25) is 0 Å². The quantitative estimate of drug-likeness (QED) is 0.575. The molecule has 1 rings (SSSR count). The van der Waals surface area contributed by atoms with E-state index < -0.39 is 11.6 Å². The fourth-order valence-corrected chi connectivity index (χ4v) is 2.04. The second kappa shape index (κ2) is 4.16. The molecule has 0 radical (unpaired) electrons. The zero-order valence-electron chi connectivity index (χ0n) is 6.24. The Balaban J connectivity index is 3.34. The SMILES string of the molecule is N#CCc1cc(Br)c(F)c(Br)c1F. The largest absolute Gasteiger partial charge is 0.205 e. The Morgan fingerprint density at radius 3 is 2.46 bits per heavy atom. The third-order valence-electron chi connectivity index (χ3n) is 1.45. The maximum absolute atomic E-state index is 13.2. The number of hydrogen-bond acceptors (Lipinski definition) is 1. The van der Waals surface area contributed by atoms with Gasteiger partial charge in [-0.15, -0.1) is 0 Å². The topological polar surface area (TPSA) is 23.8 Å². The van der Waals surface area contributed by atoms with E-state index in [1.807, 2.05) is 0 Å². The Bertz CT molecular complexity index is 385. The van der Waals surface area contributed by atoms with E-state index in [0.717, 1.165) is 0 Å². The molecule has 0 bridgehead atoms. The fourth-order valence-electron chi connectivity index (χ4n) is 0.836. The molecule has 0 amide bonds. The molecular formula is C8H3Br2F2N. The summed E-state index contributed by atoms with van der Waals surface area (Å²) < 4.78 is 26.1. The van der Waals surface area contributed by atoms with Crippen molar-refractivity contribution in [3.05, 3.63) is 32.2 Å². The predicted molar refractivity (Wildman–Crippen MR) is 51.1 cm³/mol. The smallest absolute Gasteiger partial charge is 0.154 e. The second-order valence-electron chi connectivity index (χ2n) is 2.29. The highest BCUT2D eigenvalue weighted by Crippen LogP contribution is 2.29. The van der Waals surface area contributed by atoms with Gasteiger partial charge in [-0.2, -0.15) is 5.26 Å². The molecule has 68 valence electrons. The van der Waals surface area contributed by atoms with Gasteiger partial charge in [0, 0.05) is 5.56 Å². The Labute approximate surface area is 90.6 Å². The molecule has 0 aliphatic heterocycles. The van der Waals surface area contributed by atoms with Crippen LogP contribution in [-0.4, -0.2) is 0 Å². The van der Waals surface area contributed by atoms with Gasteiger partial charge in [-0.25, -0.2) is 8.78 Å². The molecular weight excluding hydrogens is 308 g/mol. The van der Waals surface area contributed by atoms with E-state index in [-0.39, 0.29) is 20.9 Å². The molecule has 0 aliphatic rings. The summed E-state index contributed by atoms with van der Waals surface area (Å²) in [5, 5.41) is 8.35. The van der Waals surface area contributed by atoms with Crippen LogP contribution < -0.4 is 0 Å². The van der Waals surface area contributed by atoms with Crippen molar-refractivity contribution in [2.75, 3.05) is 0 Å². The number of hydrogen-bond donors (Lipinski definition) is 0. The summed E-state index contributed by atoms with van der Waals surface area (Å²) in [4.78, 5) is 0. The zero-order chi connectivity index (χ0) is 10.0. The molecule has 1 nitrogen and oxygen atoms in total. The van der Waals surface area contributed by atoms with Gasteiger partial charge in [-0.1, -0.05) is 0 Å². The maximum Gasteiger partial charge on any atom is 0.154 e. The summed E-state index contributed by atoms with van der Waals surface area (Å²) >= 11 is 5.68. The second-order valence-corrected chi connectivity index (χ2v) is 3.94. The van der Waals surface area contributed by atoms with Crippen LogP contribution in [0.4, 0.5) is 8.78 Å². The van der Waals surface area contributed by atoms with E-state index in [0.29, 0.717) is 0 Å². The van der Waals surface area contributed by atoms with Gasteiger partial charge in [0.05, 0.1) is 21.4 Å². The van der Waals surface area contributed by atoms with Crippen LogP contribution in [0.1, 0.15) is 5.56 Å². The van der Waals surface area contributed by atoms with Gasteiger partial charge < -0.3 is 0 Å². The summed E-state index contributed by atoms with van der Waals surface area (Å²) in [6.07, 6.45) is -0.0800. The molecule has 0 atom stereocenters. The predicted octanol–water partition coefficient (Wildman–Crippen LogP) is 3.56. The maximum atomic E-state index is 13.2. The van der Waals surface area contributed by atoms with Crippen LogP contribution in [0.5, 0.6) is 0 Å². The average molecular weight is 311 g/mol. The van der Waals surface area contributed by atoms with Gasteiger partial charge in [-0.05, 0) is 37.9 Å². The fraction of sp³-hybridized carbons (Fsp3) is 0.125. The van der Waals surface area contributed by atoms with Crippen molar-refractivity contribution in [1.29, 1.82) is 5.26 Å². The lowest BCUT2D eigenvalue weighted by Crippen LogP contribution is -1.94. The molecule has 0 aliphatic carbocycles. The lowest BCUT2D eigenvalue weighted by atomic mass is 10.1. The number of nitriles is 1. The van der Waals surface area contributed by atoms with E-state index in [1.54, 1.807) is 6.07 Å². The Kier molecular flexibility index (Phi) is 3.40. The summed E-state index contributed by atoms with van der Waals surface area (Å²) in [6, 6.07) is 3.06. The van der Waals surface area contributed by atoms with Crippen molar-refractivity contribution in [2.45, 2.75) is 6.42 Å². The monoisotopic (exact) mass is 309 g/mol. The summed E-state index contributed by atoms with van der Waals surface area (Å²) in [7, 11) is 0. The van der Waals surface area contributed by atoms with Crippen LogP contribution in [-0.2, 0) is 6.42 Å². The zero-order valence-corrected chi connectivity index (χ0v) is 9.42. The standard InChI is InChI=1S/C8H3Br2F2N/c9-5-3-4(1-2-13)7(11)6(10)8(5)12/h3H,1H2.